The van der Waals surface area contributed by atoms with Crippen molar-refractivity contribution in [3.05, 3.63) is 106 Å². The summed E-state index contributed by atoms with van der Waals surface area (Å²) in [5.74, 6) is -1.05. The largest absolute Gasteiger partial charge is 0.378 e. The van der Waals surface area contributed by atoms with Crippen molar-refractivity contribution < 1.29 is 9.59 Å². The molecule has 0 unspecified atom stereocenters. The van der Waals surface area contributed by atoms with Gasteiger partial charge in [-0.1, -0.05) is 80.9 Å². The summed E-state index contributed by atoms with van der Waals surface area (Å²) >= 11 is 6.17. The number of nitrogens with zero attached hydrogens (tertiary/aromatic N) is 2. The maximum atomic E-state index is 13.0. The molecule has 6 nitrogen and oxygen atoms in total. The van der Waals surface area contributed by atoms with Crippen LogP contribution in [0.25, 0.3) is 6.08 Å². The number of amides is 2. The fourth-order valence-electron chi connectivity index (χ4n) is 3.32. The van der Waals surface area contributed by atoms with Crippen LogP contribution in [0.2, 0.25) is 5.02 Å². The van der Waals surface area contributed by atoms with Gasteiger partial charge in [0.15, 0.2) is 0 Å². The quantitative estimate of drug-likeness (QED) is 0.250. The van der Waals surface area contributed by atoms with E-state index < -0.39 is 11.8 Å². The normalized spacial score (nSPS) is 11.9. The summed E-state index contributed by atoms with van der Waals surface area (Å²) in [4.78, 5) is 27.8. The number of carbonyl (C=O) groups is 2. The Morgan fingerprint density at radius 1 is 0.889 bits per heavy atom. The zero-order valence-corrected chi connectivity index (χ0v) is 21.9. The van der Waals surface area contributed by atoms with Gasteiger partial charge in [0.25, 0.3) is 11.8 Å². The average molecular weight is 503 g/mol. The van der Waals surface area contributed by atoms with E-state index in [9.17, 15) is 9.59 Å². The van der Waals surface area contributed by atoms with Crippen molar-refractivity contribution in [2.45, 2.75) is 26.2 Å². The molecule has 0 spiro atoms. The molecule has 7 heteroatoms. The van der Waals surface area contributed by atoms with E-state index in [1.165, 1.54) is 5.56 Å². The first-order chi connectivity index (χ1) is 17.0. The van der Waals surface area contributed by atoms with Crippen LogP contribution in [0.5, 0.6) is 0 Å². The Hall–Kier alpha value is -3.90. The van der Waals surface area contributed by atoms with Crippen LogP contribution in [0.1, 0.15) is 47.8 Å². The molecule has 0 aliphatic carbocycles. The van der Waals surface area contributed by atoms with Crippen LogP contribution >= 0.6 is 11.6 Å². The molecule has 0 aliphatic heterocycles. The number of carbonyl (C=O) groups excluding carboxylic acids is 2. The number of hydrazone groups is 1. The molecule has 0 heterocycles. The first-order valence-corrected chi connectivity index (χ1v) is 11.9. The molecule has 0 bridgehead atoms. The SMILES string of the molecule is CN(C)c1ccc(C=C(NC(=O)c2ccccc2Cl)C(=O)NN=Cc2ccc(C(C)(C)C)cc2)cc1. The van der Waals surface area contributed by atoms with Crippen molar-refractivity contribution in [2.75, 3.05) is 19.0 Å². The van der Waals surface area contributed by atoms with Crippen molar-refractivity contribution in [3.63, 3.8) is 0 Å². The van der Waals surface area contributed by atoms with E-state index in [1.807, 2.05) is 67.5 Å². The lowest BCUT2D eigenvalue weighted by Crippen LogP contribution is -2.33. The Morgan fingerprint density at radius 3 is 2.08 bits per heavy atom. The zero-order chi connectivity index (χ0) is 26.3. The van der Waals surface area contributed by atoms with Gasteiger partial charge in [0, 0.05) is 19.8 Å². The fourth-order valence-corrected chi connectivity index (χ4v) is 3.55. The Bertz CT molecular complexity index is 1270. The Balaban J connectivity index is 1.81. The summed E-state index contributed by atoms with van der Waals surface area (Å²) < 4.78 is 0. The number of rotatable bonds is 7. The predicted octanol–water partition coefficient (Wildman–Crippen LogP) is 5.62. The van der Waals surface area contributed by atoms with E-state index >= 15 is 0 Å². The van der Waals surface area contributed by atoms with Crippen LogP contribution in [-0.4, -0.2) is 32.1 Å². The number of anilines is 1. The number of benzene rings is 3. The molecule has 0 aromatic heterocycles. The highest BCUT2D eigenvalue weighted by atomic mass is 35.5. The minimum atomic E-state index is -0.561. The van der Waals surface area contributed by atoms with Gasteiger partial charge in [-0.25, -0.2) is 5.43 Å². The van der Waals surface area contributed by atoms with Gasteiger partial charge in [-0.3, -0.25) is 9.59 Å². The lowest BCUT2D eigenvalue weighted by molar-refractivity contribution is -0.117. The molecule has 2 N–H and O–H groups in total. The monoisotopic (exact) mass is 502 g/mol. The van der Waals surface area contributed by atoms with Crippen molar-refractivity contribution in [1.29, 1.82) is 0 Å². The first kappa shape index (κ1) is 26.7. The van der Waals surface area contributed by atoms with Gasteiger partial charge in [-0.05, 0) is 52.4 Å². The number of halogens is 1. The third kappa shape index (κ3) is 7.30. The van der Waals surface area contributed by atoms with Gasteiger partial charge in [0.05, 0.1) is 16.8 Å². The maximum absolute atomic E-state index is 13.0. The molecule has 2 amide bonds. The van der Waals surface area contributed by atoms with Gasteiger partial charge < -0.3 is 10.2 Å². The average Bonchev–Trinajstić information content (AvgIpc) is 2.84. The third-order valence-corrected chi connectivity index (χ3v) is 5.82. The van der Waals surface area contributed by atoms with Gasteiger partial charge in [0.1, 0.15) is 5.70 Å². The van der Waals surface area contributed by atoms with Crippen molar-refractivity contribution in [1.82, 2.24) is 10.7 Å². The van der Waals surface area contributed by atoms with Crippen LogP contribution in [0.3, 0.4) is 0 Å². The smallest absolute Gasteiger partial charge is 0.287 e. The summed E-state index contributed by atoms with van der Waals surface area (Å²) in [5.41, 5.74) is 6.66. The van der Waals surface area contributed by atoms with Crippen LogP contribution in [0, 0.1) is 0 Å². The van der Waals surface area contributed by atoms with Crippen LogP contribution < -0.4 is 15.6 Å². The lowest BCUT2D eigenvalue weighted by Gasteiger charge is -2.18. The van der Waals surface area contributed by atoms with E-state index in [2.05, 4.69) is 36.6 Å². The molecule has 3 aromatic carbocycles. The molecule has 0 radical (unpaired) electrons. The summed E-state index contributed by atoms with van der Waals surface area (Å²) in [6, 6.07) is 22.2. The number of hydrogen-bond donors (Lipinski definition) is 2. The summed E-state index contributed by atoms with van der Waals surface area (Å²) in [6.07, 6.45) is 3.15. The summed E-state index contributed by atoms with van der Waals surface area (Å²) in [7, 11) is 3.89. The van der Waals surface area contributed by atoms with Gasteiger partial charge in [0.2, 0.25) is 0 Å². The molecular weight excluding hydrogens is 472 g/mol. The molecule has 0 fully saturated rings. The minimum absolute atomic E-state index is 0.0396. The minimum Gasteiger partial charge on any atom is -0.378 e. The molecule has 3 rings (SSSR count). The van der Waals surface area contributed by atoms with Crippen molar-refractivity contribution >= 4 is 41.4 Å². The standard InChI is InChI=1S/C29H31ClN4O2/c1-29(2,3)22-14-10-21(11-15-22)19-31-33-28(36)26(18-20-12-16-23(17-13-20)34(4)5)32-27(35)24-8-6-7-9-25(24)30/h6-19H,1-5H3,(H,32,35)(H,33,36). The third-order valence-electron chi connectivity index (χ3n) is 5.49. The first-order valence-electron chi connectivity index (χ1n) is 11.5. The summed E-state index contributed by atoms with van der Waals surface area (Å²) in [6.45, 7) is 6.44. The van der Waals surface area contributed by atoms with Crippen molar-refractivity contribution in [3.8, 4) is 0 Å². The highest BCUT2D eigenvalue weighted by Crippen LogP contribution is 2.22. The molecule has 36 heavy (non-hydrogen) atoms. The van der Waals surface area contributed by atoms with Crippen molar-refractivity contribution in [2.24, 2.45) is 5.10 Å². The molecular formula is C29H31ClN4O2. The Labute approximate surface area is 217 Å². The van der Waals surface area contributed by atoms with Gasteiger partial charge in [-0.2, -0.15) is 5.10 Å². The number of hydrogen-bond acceptors (Lipinski definition) is 4. The molecule has 186 valence electrons. The van der Waals surface area contributed by atoms with Gasteiger partial charge >= 0.3 is 0 Å². The highest BCUT2D eigenvalue weighted by Gasteiger charge is 2.16. The molecule has 3 aromatic rings. The van der Waals surface area contributed by atoms with E-state index in [-0.39, 0.29) is 16.7 Å². The van der Waals surface area contributed by atoms with Crippen LogP contribution in [-0.2, 0) is 10.2 Å². The van der Waals surface area contributed by atoms with Crippen LogP contribution in [0.15, 0.2) is 83.6 Å². The lowest BCUT2D eigenvalue weighted by atomic mass is 9.87. The molecule has 0 atom stereocenters. The Morgan fingerprint density at radius 2 is 1.50 bits per heavy atom. The summed E-state index contributed by atoms with van der Waals surface area (Å²) in [5, 5.41) is 7.05. The molecule has 0 saturated heterocycles. The second kappa shape index (κ2) is 11.7. The maximum Gasteiger partial charge on any atom is 0.287 e. The predicted molar refractivity (Wildman–Crippen MR) is 149 cm³/mol. The van der Waals surface area contributed by atoms with E-state index in [0.29, 0.717) is 5.02 Å². The molecule has 0 aliphatic rings. The topological polar surface area (TPSA) is 73.8 Å². The van der Waals surface area contributed by atoms with Crippen LogP contribution in [0.4, 0.5) is 5.69 Å². The zero-order valence-electron chi connectivity index (χ0n) is 21.2. The van der Waals surface area contributed by atoms with Gasteiger partial charge in [-0.15, -0.1) is 0 Å². The van der Waals surface area contributed by atoms with E-state index in [4.69, 9.17) is 11.6 Å². The second-order valence-corrected chi connectivity index (χ2v) is 9.96. The second-order valence-electron chi connectivity index (χ2n) is 9.55. The van der Waals surface area contributed by atoms with E-state index in [1.54, 1.807) is 36.6 Å². The molecule has 0 saturated carbocycles. The fraction of sp³-hybridized carbons (Fsp3) is 0.207. The number of nitrogens with one attached hydrogen (secondary N) is 2. The Kier molecular flexibility index (Phi) is 8.67. The highest BCUT2D eigenvalue weighted by molar-refractivity contribution is 6.34. The van der Waals surface area contributed by atoms with E-state index in [0.717, 1.165) is 16.8 Å².